The molecule has 2 heteroatoms. The summed E-state index contributed by atoms with van der Waals surface area (Å²) in [5.74, 6) is -1.81. The van der Waals surface area contributed by atoms with Crippen molar-refractivity contribution in [2.75, 3.05) is 0 Å². The first-order valence-corrected chi connectivity index (χ1v) is 3.40. The summed E-state index contributed by atoms with van der Waals surface area (Å²) in [6, 6.07) is 4.12. The summed E-state index contributed by atoms with van der Waals surface area (Å²) >= 11 is 0. The van der Waals surface area contributed by atoms with Gasteiger partial charge in [-0.05, 0) is 24.5 Å². The molecule has 1 atom stereocenters. The van der Waals surface area contributed by atoms with E-state index < -0.39 is 11.6 Å². The van der Waals surface area contributed by atoms with Crippen LogP contribution >= 0.6 is 0 Å². The van der Waals surface area contributed by atoms with Gasteiger partial charge in [-0.1, -0.05) is 19.1 Å². The van der Waals surface area contributed by atoms with Crippen LogP contribution in [0.2, 0.25) is 0 Å². The number of halogens is 2. The van der Waals surface area contributed by atoms with Crippen LogP contribution < -0.4 is 0 Å². The normalized spacial score (nSPS) is 10.6. The van der Waals surface area contributed by atoms with Gasteiger partial charge in [0, 0.05) is 0 Å². The average Bonchev–Trinajstić information content (AvgIpc) is 1.94. The van der Waals surface area contributed by atoms with E-state index in [1.165, 1.54) is 12.1 Å². The van der Waals surface area contributed by atoms with Crippen molar-refractivity contribution in [3.8, 4) is 0 Å². The van der Waals surface area contributed by atoms with E-state index in [2.05, 4.69) is 6.92 Å². The largest absolute Gasteiger partial charge is 0.204 e. The first kappa shape index (κ1) is 8.18. The standard InChI is InChI=1S/C9H9F2/c1-6(2)7-4-3-5-8(10)9(7)11/h3-6H,1H2,2H3. The van der Waals surface area contributed by atoms with Gasteiger partial charge in [0.1, 0.15) is 0 Å². The fourth-order valence-electron chi connectivity index (χ4n) is 0.901. The van der Waals surface area contributed by atoms with E-state index in [1.54, 1.807) is 6.92 Å². The van der Waals surface area contributed by atoms with Crippen LogP contribution in [0.3, 0.4) is 0 Å². The van der Waals surface area contributed by atoms with Crippen molar-refractivity contribution in [1.29, 1.82) is 0 Å². The summed E-state index contributed by atoms with van der Waals surface area (Å²) < 4.78 is 25.4. The van der Waals surface area contributed by atoms with E-state index in [0.29, 0.717) is 5.56 Å². The van der Waals surface area contributed by atoms with Crippen molar-refractivity contribution in [2.24, 2.45) is 0 Å². The fraction of sp³-hybridized carbons (Fsp3) is 0.222. The molecule has 1 radical (unpaired) electrons. The smallest absolute Gasteiger partial charge is 0.162 e. The summed E-state index contributed by atoms with van der Waals surface area (Å²) in [6.45, 7) is 5.32. The SMILES string of the molecule is [CH2]C(C)c1cccc(F)c1F. The van der Waals surface area contributed by atoms with Gasteiger partial charge in [0.15, 0.2) is 11.6 Å². The van der Waals surface area contributed by atoms with E-state index in [-0.39, 0.29) is 5.92 Å². The first-order chi connectivity index (χ1) is 5.13. The van der Waals surface area contributed by atoms with Crippen LogP contribution in [-0.4, -0.2) is 0 Å². The molecule has 59 valence electrons. The Morgan fingerprint density at radius 2 is 2.00 bits per heavy atom. The highest BCUT2D eigenvalue weighted by atomic mass is 19.2. The van der Waals surface area contributed by atoms with E-state index in [4.69, 9.17) is 0 Å². The maximum atomic E-state index is 12.8. The van der Waals surface area contributed by atoms with Crippen molar-refractivity contribution < 1.29 is 8.78 Å². The van der Waals surface area contributed by atoms with Gasteiger partial charge in [0.25, 0.3) is 0 Å². The molecule has 0 nitrogen and oxygen atoms in total. The zero-order chi connectivity index (χ0) is 8.43. The molecule has 0 saturated carbocycles. The highest BCUT2D eigenvalue weighted by Crippen LogP contribution is 2.19. The highest BCUT2D eigenvalue weighted by Gasteiger charge is 2.09. The van der Waals surface area contributed by atoms with Crippen LogP contribution in [-0.2, 0) is 0 Å². The summed E-state index contributed by atoms with van der Waals surface area (Å²) in [7, 11) is 0. The average molecular weight is 155 g/mol. The summed E-state index contributed by atoms with van der Waals surface area (Å²) in [4.78, 5) is 0. The molecule has 0 aliphatic heterocycles. The maximum Gasteiger partial charge on any atom is 0.162 e. The van der Waals surface area contributed by atoms with E-state index in [1.807, 2.05) is 0 Å². The van der Waals surface area contributed by atoms with Crippen molar-refractivity contribution in [2.45, 2.75) is 12.8 Å². The lowest BCUT2D eigenvalue weighted by molar-refractivity contribution is 0.496. The molecular formula is C9H9F2. The number of hydrogen-bond acceptors (Lipinski definition) is 0. The van der Waals surface area contributed by atoms with Gasteiger partial charge in [-0.3, -0.25) is 0 Å². The monoisotopic (exact) mass is 155 g/mol. The lowest BCUT2D eigenvalue weighted by Crippen LogP contribution is -1.95. The second kappa shape index (κ2) is 2.99. The quantitative estimate of drug-likeness (QED) is 0.585. The molecule has 1 unspecified atom stereocenters. The first-order valence-electron chi connectivity index (χ1n) is 3.40. The Morgan fingerprint density at radius 1 is 1.36 bits per heavy atom. The van der Waals surface area contributed by atoms with E-state index in [9.17, 15) is 8.78 Å². The Morgan fingerprint density at radius 3 is 2.45 bits per heavy atom. The Labute approximate surface area is 64.9 Å². The zero-order valence-corrected chi connectivity index (χ0v) is 6.27. The van der Waals surface area contributed by atoms with Crippen molar-refractivity contribution in [1.82, 2.24) is 0 Å². The molecule has 1 aromatic rings. The molecule has 0 heterocycles. The van der Waals surface area contributed by atoms with Gasteiger partial charge in [0.2, 0.25) is 0 Å². The Hall–Kier alpha value is -0.920. The third-order valence-electron chi connectivity index (χ3n) is 1.51. The minimum atomic E-state index is -0.807. The van der Waals surface area contributed by atoms with Crippen molar-refractivity contribution in [3.63, 3.8) is 0 Å². The molecule has 0 N–H and O–H groups in total. The fourth-order valence-corrected chi connectivity index (χ4v) is 0.901. The molecule has 0 fully saturated rings. The number of hydrogen-bond donors (Lipinski definition) is 0. The summed E-state index contributed by atoms with van der Waals surface area (Å²) in [6.07, 6.45) is 0. The minimum absolute atomic E-state index is 0.217. The molecule has 0 aliphatic rings. The molecule has 0 bridgehead atoms. The molecule has 0 saturated heterocycles. The third-order valence-corrected chi connectivity index (χ3v) is 1.51. The second-order valence-corrected chi connectivity index (χ2v) is 2.54. The lowest BCUT2D eigenvalue weighted by Gasteiger charge is -2.05. The van der Waals surface area contributed by atoms with Gasteiger partial charge < -0.3 is 0 Å². The zero-order valence-electron chi connectivity index (χ0n) is 6.27. The predicted molar refractivity (Wildman–Crippen MR) is 40.1 cm³/mol. The van der Waals surface area contributed by atoms with Crippen LogP contribution in [0.4, 0.5) is 8.78 Å². The molecule has 1 aromatic carbocycles. The molecule has 0 amide bonds. The maximum absolute atomic E-state index is 12.8. The van der Waals surface area contributed by atoms with Crippen molar-refractivity contribution >= 4 is 0 Å². The van der Waals surface area contributed by atoms with Gasteiger partial charge in [-0.25, -0.2) is 8.78 Å². The van der Waals surface area contributed by atoms with Crippen LogP contribution in [0.5, 0.6) is 0 Å². The molecule has 11 heavy (non-hydrogen) atoms. The summed E-state index contributed by atoms with van der Waals surface area (Å²) in [5.41, 5.74) is 0.324. The van der Waals surface area contributed by atoms with Crippen LogP contribution in [0.1, 0.15) is 18.4 Å². The van der Waals surface area contributed by atoms with Gasteiger partial charge in [0.05, 0.1) is 0 Å². The Balaban J connectivity index is 3.17. The molecule has 0 aromatic heterocycles. The third kappa shape index (κ3) is 1.56. The van der Waals surface area contributed by atoms with E-state index in [0.717, 1.165) is 6.07 Å². The molecular weight excluding hydrogens is 146 g/mol. The second-order valence-electron chi connectivity index (χ2n) is 2.54. The minimum Gasteiger partial charge on any atom is -0.204 e. The van der Waals surface area contributed by atoms with Crippen LogP contribution in [0, 0.1) is 18.6 Å². The van der Waals surface area contributed by atoms with Crippen LogP contribution in [0.15, 0.2) is 18.2 Å². The van der Waals surface area contributed by atoms with Gasteiger partial charge in [-0.15, -0.1) is 0 Å². The highest BCUT2D eigenvalue weighted by molar-refractivity contribution is 5.22. The molecule has 1 rings (SSSR count). The van der Waals surface area contributed by atoms with Gasteiger partial charge in [-0.2, -0.15) is 0 Å². The predicted octanol–water partition coefficient (Wildman–Crippen LogP) is 2.90. The number of benzene rings is 1. The van der Waals surface area contributed by atoms with Gasteiger partial charge >= 0.3 is 0 Å². The van der Waals surface area contributed by atoms with Crippen LogP contribution in [0.25, 0.3) is 0 Å². The molecule has 0 spiro atoms. The Bertz CT molecular complexity index is 254. The molecule has 0 aliphatic carbocycles. The van der Waals surface area contributed by atoms with Crippen molar-refractivity contribution in [3.05, 3.63) is 42.3 Å². The number of rotatable bonds is 1. The lowest BCUT2D eigenvalue weighted by atomic mass is 10.0. The van der Waals surface area contributed by atoms with E-state index >= 15 is 0 Å². The Kier molecular flexibility index (Phi) is 2.22. The summed E-state index contributed by atoms with van der Waals surface area (Å²) in [5, 5.41) is 0. The topological polar surface area (TPSA) is 0 Å².